The minimum atomic E-state index is -1.15. The third kappa shape index (κ3) is 7.93. The van der Waals surface area contributed by atoms with Gasteiger partial charge in [0.15, 0.2) is 5.78 Å². The number of esters is 1. The van der Waals surface area contributed by atoms with Crippen LogP contribution in [-0.2, 0) is 23.9 Å². The molecule has 1 aromatic carbocycles. The van der Waals surface area contributed by atoms with E-state index >= 15 is 0 Å². The van der Waals surface area contributed by atoms with Gasteiger partial charge in [-0.2, -0.15) is 4.98 Å². The Morgan fingerprint density at radius 2 is 1.79 bits per heavy atom. The normalized spacial score (nSPS) is 27.2. The minimum absolute atomic E-state index is 0.0373. The lowest BCUT2D eigenvalue weighted by Crippen LogP contribution is -2.48. The Morgan fingerprint density at radius 1 is 1.05 bits per heavy atom. The molecule has 2 aromatic heterocycles. The van der Waals surface area contributed by atoms with Gasteiger partial charge in [-0.05, 0) is 74.8 Å². The number of likely N-dealkylation sites (tertiary alicyclic amines) is 1. The van der Waals surface area contributed by atoms with Gasteiger partial charge in [-0.1, -0.05) is 45.7 Å². The molecule has 4 aliphatic rings. The maximum absolute atomic E-state index is 14.7. The fourth-order valence-electron chi connectivity index (χ4n) is 8.93. The first-order valence-electron chi connectivity index (χ1n) is 19.8. The van der Waals surface area contributed by atoms with Crippen molar-refractivity contribution in [3.8, 4) is 22.9 Å². The highest BCUT2D eigenvalue weighted by Gasteiger charge is 2.61. The number of nitrogens with one attached hydrogen (secondary N) is 1. The van der Waals surface area contributed by atoms with Gasteiger partial charge in [0.05, 0.1) is 48.7 Å². The molecular formula is C42H53ClN4O9. The van der Waals surface area contributed by atoms with Crippen LogP contribution >= 0.6 is 11.6 Å². The van der Waals surface area contributed by atoms with E-state index in [-0.39, 0.29) is 60.6 Å². The number of hydrogen-bond donors (Lipinski definition) is 2. The summed E-state index contributed by atoms with van der Waals surface area (Å²) in [5, 5.41) is 14.2. The molecule has 2 N–H and O–H groups in total. The second kappa shape index (κ2) is 15.2. The van der Waals surface area contributed by atoms with Gasteiger partial charge in [-0.3, -0.25) is 19.2 Å². The summed E-state index contributed by atoms with van der Waals surface area (Å²) in [6, 6.07) is 4.65. The van der Waals surface area contributed by atoms with Crippen LogP contribution in [0, 0.1) is 34.5 Å². The van der Waals surface area contributed by atoms with Crippen LogP contribution < -0.4 is 14.8 Å². The molecule has 8 atom stereocenters. The molecule has 1 saturated heterocycles. The topological polar surface area (TPSA) is 170 Å². The van der Waals surface area contributed by atoms with Crippen molar-refractivity contribution >= 4 is 52.1 Å². The van der Waals surface area contributed by atoms with E-state index in [1.807, 2.05) is 41.5 Å². The smallest absolute Gasteiger partial charge is 0.310 e. The molecule has 1 aliphatic heterocycles. The second-order valence-corrected chi connectivity index (χ2v) is 18.1. The number of fused-ring (bicyclic) bond motifs is 2. The molecule has 56 heavy (non-hydrogen) atoms. The summed E-state index contributed by atoms with van der Waals surface area (Å²) >= 11 is 6.81. The number of anilines is 1. The fraction of sp³-hybridized carbons (Fsp3) is 0.619. The lowest BCUT2D eigenvalue weighted by atomic mass is 9.77. The van der Waals surface area contributed by atoms with Crippen LogP contribution in [0.3, 0.4) is 0 Å². The van der Waals surface area contributed by atoms with Crippen LogP contribution in [-0.4, -0.2) is 81.5 Å². The molecule has 3 saturated carbocycles. The number of halogens is 1. The molecule has 13 nitrogen and oxygen atoms in total. The standard InChI is InChI=1S/C42H53ClN4O9/c1-8-24-17-42(24,39(51)52)18-32(48)31-14-26(19-47(31)38(50)28(41(4,5)6)15-35(49)56-25-12-22-11-23(22)13-25)55-34-16-29(30-20-54-40(46-30)44-21(2)3)45-37-27(34)9-10-33(53-7)36(37)43/h9-10,16,20-26,28,31H,8,11-15,17-19H2,1-7H3,(H,44,46)(H,51,52)/t22-,23+,24-,25?,26-,28-,31+,42-/m1/s1. The third-order valence-electron chi connectivity index (χ3n) is 12.3. The van der Waals surface area contributed by atoms with Crippen LogP contribution in [0.25, 0.3) is 22.3 Å². The lowest BCUT2D eigenvalue weighted by Gasteiger charge is -2.35. The van der Waals surface area contributed by atoms with Crippen molar-refractivity contribution in [2.75, 3.05) is 19.0 Å². The predicted octanol–water partition coefficient (Wildman–Crippen LogP) is 7.57. The number of oxazole rings is 1. The van der Waals surface area contributed by atoms with E-state index in [1.54, 1.807) is 18.2 Å². The van der Waals surface area contributed by atoms with Crippen molar-refractivity contribution in [1.29, 1.82) is 0 Å². The number of carbonyl (C=O) groups is 4. The molecule has 3 heterocycles. The molecule has 0 spiro atoms. The second-order valence-electron chi connectivity index (χ2n) is 17.7. The zero-order chi connectivity index (χ0) is 40.3. The van der Waals surface area contributed by atoms with Gasteiger partial charge >= 0.3 is 11.9 Å². The van der Waals surface area contributed by atoms with E-state index < -0.39 is 40.8 Å². The van der Waals surface area contributed by atoms with Crippen molar-refractivity contribution in [2.45, 2.75) is 117 Å². The number of rotatable bonds is 15. The quantitative estimate of drug-likeness (QED) is 0.145. The molecule has 0 bridgehead atoms. The number of pyridine rings is 1. The summed E-state index contributed by atoms with van der Waals surface area (Å²) in [7, 11) is 1.51. The highest BCUT2D eigenvalue weighted by molar-refractivity contribution is 6.36. The average molecular weight is 793 g/mol. The first-order chi connectivity index (χ1) is 26.5. The Labute approximate surface area is 332 Å². The molecular weight excluding hydrogens is 740 g/mol. The van der Waals surface area contributed by atoms with Crippen LogP contribution in [0.2, 0.25) is 5.02 Å². The maximum Gasteiger partial charge on any atom is 0.310 e. The van der Waals surface area contributed by atoms with E-state index in [0.717, 1.165) is 12.8 Å². The Bertz CT molecular complexity index is 2020. The van der Waals surface area contributed by atoms with Gasteiger partial charge < -0.3 is 34.0 Å². The van der Waals surface area contributed by atoms with Crippen LogP contribution in [0.15, 0.2) is 28.9 Å². The Hall–Kier alpha value is -4.39. The largest absolute Gasteiger partial charge is 0.495 e. The van der Waals surface area contributed by atoms with E-state index in [4.69, 9.17) is 35.2 Å². The molecule has 302 valence electrons. The van der Waals surface area contributed by atoms with Gasteiger partial charge in [0, 0.05) is 30.3 Å². The summed E-state index contributed by atoms with van der Waals surface area (Å²) in [4.78, 5) is 65.8. The summed E-state index contributed by atoms with van der Waals surface area (Å²) in [5.41, 5.74) is -0.568. The molecule has 1 unspecified atom stereocenters. The minimum Gasteiger partial charge on any atom is -0.495 e. The number of ketones is 1. The number of aromatic nitrogens is 2. The zero-order valence-corrected chi connectivity index (χ0v) is 34.0. The van der Waals surface area contributed by atoms with Crippen molar-refractivity contribution in [2.24, 2.45) is 34.5 Å². The predicted molar refractivity (Wildman–Crippen MR) is 208 cm³/mol. The first kappa shape index (κ1) is 39.8. The highest BCUT2D eigenvalue weighted by Crippen LogP contribution is 2.58. The number of carboxylic acids is 1. The van der Waals surface area contributed by atoms with Crippen LogP contribution in [0.4, 0.5) is 6.01 Å². The summed E-state index contributed by atoms with van der Waals surface area (Å²) < 4.78 is 23.7. The van der Waals surface area contributed by atoms with E-state index in [1.165, 1.54) is 24.7 Å². The number of nitrogens with zero attached hydrogens (tertiary/aromatic N) is 3. The lowest BCUT2D eigenvalue weighted by molar-refractivity contribution is -0.157. The summed E-state index contributed by atoms with van der Waals surface area (Å²) in [6.45, 7) is 11.6. The van der Waals surface area contributed by atoms with E-state index in [9.17, 15) is 24.3 Å². The molecule has 0 radical (unpaired) electrons. The molecule has 3 aromatic rings. The Balaban J connectivity index is 1.20. The zero-order valence-electron chi connectivity index (χ0n) is 33.2. The SMILES string of the molecule is CC[C@@H]1C[C@]1(CC(=O)[C@@H]1C[C@@H](Oc2cc(-c3coc(NC(C)C)n3)nc3c(Cl)c(OC)ccc23)CN1C(=O)[C@@H](CC(=O)OC1C[C@@H]2C[C@@H]2C1)C(C)(C)C)C(=O)O. The number of ether oxygens (including phenoxy) is 3. The van der Waals surface area contributed by atoms with Gasteiger partial charge in [-0.15, -0.1) is 0 Å². The number of hydrogen-bond acceptors (Lipinski definition) is 11. The van der Waals surface area contributed by atoms with Crippen LogP contribution in [0.1, 0.15) is 92.9 Å². The number of benzene rings is 1. The number of carboxylic acid groups (broad SMARTS) is 1. The molecule has 1 amide bonds. The Kier molecular flexibility index (Phi) is 10.8. The number of carbonyl (C=O) groups excluding carboxylic acids is 3. The number of Topliss-reactive ketones (excluding diaryl/α,β-unsaturated/α-hetero) is 1. The summed E-state index contributed by atoms with van der Waals surface area (Å²) in [6.07, 6.45) is 4.47. The van der Waals surface area contributed by atoms with Crippen LogP contribution in [0.5, 0.6) is 11.5 Å². The molecule has 4 fully saturated rings. The Morgan fingerprint density at radius 3 is 2.41 bits per heavy atom. The van der Waals surface area contributed by atoms with Gasteiger partial charge in [0.25, 0.3) is 6.01 Å². The van der Waals surface area contributed by atoms with Crippen molar-refractivity contribution in [3.05, 3.63) is 29.5 Å². The first-order valence-corrected chi connectivity index (χ1v) is 20.2. The number of methoxy groups -OCH3 is 1. The fourth-order valence-corrected chi connectivity index (χ4v) is 9.21. The molecule has 3 aliphatic carbocycles. The van der Waals surface area contributed by atoms with Gasteiger partial charge in [0.2, 0.25) is 5.91 Å². The summed E-state index contributed by atoms with van der Waals surface area (Å²) in [5.74, 6) is -0.941. The molecule has 7 rings (SSSR count). The van der Waals surface area contributed by atoms with Gasteiger partial charge in [0.1, 0.15) is 40.7 Å². The maximum atomic E-state index is 14.7. The number of aliphatic carboxylic acids is 1. The van der Waals surface area contributed by atoms with Crippen molar-refractivity contribution < 1.29 is 42.9 Å². The van der Waals surface area contributed by atoms with E-state index in [0.29, 0.717) is 64.5 Å². The monoisotopic (exact) mass is 792 g/mol. The van der Waals surface area contributed by atoms with E-state index in [2.05, 4.69) is 10.3 Å². The molecule has 14 heteroatoms. The third-order valence-corrected chi connectivity index (χ3v) is 12.7. The van der Waals surface area contributed by atoms with Crippen molar-refractivity contribution in [3.63, 3.8) is 0 Å². The number of amides is 1. The highest BCUT2D eigenvalue weighted by atomic mass is 35.5. The van der Waals surface area contributed by atoms with Gasteiger partial charge in [-0.25, -0.2) is 4.98 Å². The van der Waals surface area contributed by atoms with Crippen molar-refractivity contribution in [1.82, 2.24) is 14.9 Å². The average Bonchev–Trinajstić information content (AvgIpc) is 3.80.